The lowest BCUT2D eigenvalue weighted by Gasteiger charge is -2.17. The molecule has 0 bridgehead atoms. The van der Waals surface area contributed by atoms with Gasteiger partial charge in [-0.2, -0.15) is 0 Å². The zero-order valence-electron chi connectivity index (χ0n) is 12.9. The summed E-state index contributed by atoms with van der Waals surface area (Å²) in [6.45, 7) is 0.161. The van der Waals surface area contributed by atoms with Crippen LogP contribution in [-0.2, 0) is 27.3 Å². The molecule has 1 N–H and O–H groups in total. The number of ether oxygens (including phenoxy) is 2. The van der Waals surface area contributed by atoms with E-state index in [1.807, 2.05) is 60.7 Å². The van der Waals surface area contributed by atoms with Gasteiger partial charge in [0.25, 0.3) is 0 Å². The summed E-state index contributed by atoms with van der Waals surface area (Å²) in [5.41, 5.74) is 1.81. The number of esters is 1. The highest BCUT2D eigenvalue weighted by atomic mass is 16.5. The van der Waals surface area contributed by atoms with Gasteiger partial charge in [-0.15, -0.1) is 0 Å². The molecule has 1 atom stereocenters. The highest BCUT2D eigenvalue weighted by Crippen LogP contribution is 2.07. The summed E-state index contributed by atoms with van der Waals surface area (Å²) < 4.78 is 9.87. The van der Waals surface area contributed by atoms with Crippen LogP contribution in [0.2, 0.25) is 0 Å². The van der Waals surface area contributed by atoms with Crippen molar-refractivity contribution in [2.24, 2.45) is 0 Å². The summed E-state index contributed by atoms with van der Waals surface area (Å²) in [6.07, 6.45) is -0.327. The topological polar surface area (TPSA) is 64.6 Å². The Morgan fingerprint density at radius 3 is 2.09 bits per heavy atom. The highest BCUT2D eigenvalue weighted by molar-refractivity contribution is 5.81. The van der Waals surface area contributed by atoms with Crippen molar-refractivity contribution in [3.63, 3.8) is 0 Å². The Hall–Kier alpha value is -2.82. The fraction of sp³-hybridized carbons (Fsp3) is 0.222. The number of hydrogen-bond donors (Lipinski definition) is 1. The van der Waals surface area contributed by atoms with Crippen molar-refractivity contribution in [1.82, 2.24) is 5.32 Å². The molecule has 0 heterocycles. The molecule has 2 aromatic carbocycles. The molecule has 0 aliphatic rings. The summed E-state index contributed by atoms with van der Waals surface area (Å²) in [7, 11) is 1.25. The smallest absolute Gasteiger partial charge is 0.407 e. The second-order valence-electron chi connectivity index (χ2n) is 4.97. The molecule has 0 aliphatic carbocycles. The van der Waals surface area contributed by atoms with Gasteiger partial charge in [0, 0.05) is 6.42 Å². The minimum atomic E-state index is -0.798. The van der Waals surface area contributed by atoms with Crippen molar-refractivity contribution in [2.75, 3.05) is 7.11 Å². The number of nitrogens with one attached hydrogen (secondary N) is 1. The van der Waals surface area contributed by atoms with Crippen LogP contribution in [0.15, 0.2) is 60.7 Å². The van der Waals surface area contributed by atoms with E-state index in [9.17, 15) is 9.59 Å². The monoisotopic (exact) mass is 313 g/mol. The van der Waals surface area contributed by atoms with Crippen LogP contribution in [0, 0.1) is 0 Å². The molecule has 0 aromatic heterocycles. The van der Waals surface area contributed by atoms with Gasteiger partial charge in [0.1, 0.15) is 12.6 Å². The number of hydrogen-bond acceptors (Lipinski definition) is 4. The van der Waals surface area contributed by atoms with E-state index in [4.69, 9.17) is 4.74 Å². The third-order valence-corrected chi connectivity index (χ3v) is 3.27. The predicted molar refractivity (Wildman–Crippen MR) is 85.7 cm³/mol. The van der Waals surface area contributed by atoms with Crippen LogP contribution in [0.3, 0.4) is 0 Å². The molecule has 2 aromatic rings. The molecule has 0 radical (unpaired) electrons. The van der Waals surface area contributed by atoms with Crippen LogP contribution in [0.4, 0.5) is 4.79 Å². The minimum absolute atomic E-state index is 0.161. The highest BCUT2D eigenvalue weighted by Gasteiger charge is 2.23. The average molecular weight is 313 g/mol. The Kier molecular flexibility index (Phi) is 6.17. The normalized spacial score (nSPS) is 11.3. The molecule has 1 unspecified atom stereocenters. The number of rotatable bonds is 6. The number of alkyl carbamates (subject to hydrolysis) is 1. The molecule has 5 heteroatoms. The molecule has 1 amide bonds. The molecule has 0 spiro atoms. The van der Waals surface area contributed by atoms with E-state index in [1.165, 1.54) is 7.11 Å². The fourth-order valence-electron chi connectivity index (χ4n) is 2.07. The number of carbonyl (C=O) groups excluding carboxylic acids is 2. The zero-order chi connectivity index (χ0) is 16.5. The Morgan fingerprint density at radius 1 is 0.957 bits per heavy atom. The minimum Gasteiger partial charge on any atom is -0.459 e. The van der Waals surface area contributed by atoms with Gasteiger partial charge < -0.3 is 14.8 Å². The predicted octanol–water partition coefficient (Wildman–Crippen LogP) is 2.70. The maximum absolute atomic E-state index is 12.3. The van der Waals surface area contributed by atoms with E-state index in [-0.39, 0.29) is 6.61 Å². The first-order valence-electron chi connectivity index (χ1n) is 7.28. The molecule has 0 saturated heterocycles. The molecular weight excluding hydrogens is 294 g/mol. The van der Waals surface area contributed by atoms with Crippen molar-refractivity contribution in [3.05, 3.63) is 71.8 Å². The van der Waals surface area contributed by atoms with Crippen LogP contribution in [0.25, 0.3) is 0 Å². The Labute approximate surface area is 135 Å². The molecule has 5 nitrogen and oxygen atoms in total. The molecule has 0 saturated carbocycles. The lowest BCUT2D eigenvalue weighted by Crippen LogP contribution is -2.43. The van der Waals surface area contributed by atoms with Gasteiger partial charge in [-0.3, -0.25) is 0 Å². The first kappa shape index (κ1) is 16.5. The van der Waals surface area contributed by atoms with Crippen molar-refractivity contribution in [3.8, 4) is 0 Å². The van der Waals surface area contributed by atoms with Gasteiger partial charge >= 0.3 is 12.1 Å². The largest absolute Gasteiger partial charge is 0.459 e. The second-order valence-corrected chi connectivity index (χ2v) is 4.97. The van der Waals surface area contributed by atoms with Crippen LogP contribution >= 0.6 is 0 Å². The van der Waals surface area contributed by atoms with Crippen molar-refractivity contribution >= 4 is 12.1 Å². The third kappa shape index (κ3) is 5.47. The molecular formula is C18H19NO4. The van der Waals surface area contributed by atoms with Crippen molar-refractivity contribution in [1.29, 1.82) is 0 Å². The molecule has 0 fully saturated rings. The average Bonchev–Trinajstić information content (AvgIpc) is 2.60. The fourth-order valence-corrected chi connectivity index (χ4v) is 2.07. The van der Waals surface area contributed by atoms with E-state index >= 15 is 0 Å². The maximum Gasteiger partial charge on any atom is 0.407 e. The standard InChI is InChI=1S/C18H19NO4/c1-22-18(21)19-16(12-14-8-4-2-5-9-14)17(20)23-13-15-10-6-3-7-11-15/h2-11,16H,12-13H2,1H3,(H,19,21). The van der Waals surface area contributed by atoms with E-state index < -0.39 is 18.1 Å². The van der Waals surface area contributed by atoms with E-state index in [0.29, 0.717) is 6.42 Å². The van der Waals surface area contributed by atoms with E-state index in [1.54, 1.807) is 0 Å². The molecule has 2 rings (SSSR count). The van der Waals surface area contributed by atoms with Gasteiger partial charge in [-0.25, -0.2) is 9.59 Å². The summed E-state index contributed by atoms with van der Waals surface area (Å²) in [5.74, 6) is -0.497. The molecule has 23 heavy (non-hydrogen) atoms. The van der Waals surface area contributed by atoms with Gasteiger partial charge in [0.05, 0.1) is 7.11 Å². The number of methoxy groups -OCH3 is 1. The van der Waals surface area contributed by atoms with Crippen LogP contribution in [0.5, 0.6) is 0 Å². The zero-order valence-corrected chi connectivity index (χ0v) is 12.9. The van der Waals surface area contributed by atoms with E-state index in [0.717, 1.165) is 11.1 Å². The van der Waals surface area contributed by atoms with Crippen LogP contribution < -0.4 is 5.32 Å². The van der Waals surface area contributed by atoms with E-state index in [2.05, 4.69) is 10.1 Å². The molecule has 120 valence electrons. The Balaban J connectivity index is 2.00. The lowest BCUT2D eigenvalue weighted by molar-refractivity contribution is -0.147. The number of carbonyl (C=O) groups is 2. The van der Waals surface area contributed by atoms with Crippen LogP contribution in [0.1, 0.15) is 11.1 Å². The maximum atomic E-state index is 12.3. The van der Waals surface area contributed by atoms with Gasteiger partial charge in [-0.1, -0.05) is 60.7 Å². The third-order valence-electron chi connectivity index (χ3n) is 3.27. The SMILES string of the molecule is COC(=O)NC(Cc1ccccc1)C(=O)OCc1ccccc1. The first-order chi connectivity index (χ1) is 11.2. The van der Waals surface area contributed by atoms with Gasteiger partial charge in [0.2, 0.25) is 0 Å². The number of benzene rings is 2. The van der Waals surface area contributed by atoms with Crippen molar-refractivity contribution < 1.29 is 19.1 Å². The van der Waals surface area contributed by atoms with Gasteiger partial charge in [0.15, 0.2) is 0 Å². The number of amides is 1. The summed E-state index contributed by atoms with van der Waals surface area (Å²) >= 11 is 0. The van der Waals surface area contributed by atoms with Gasteiger partial charge in [-0.05, 0) is 11.1 Å². The van der Waals surface area contributed by atoms with Crippen molar-refractivity contribution in [2.45, 2.75) is 19.1 Å². The summed E-state index contributed by atoms with van der Waals surface area (Å²) in [6, 6.07) is 18.0. The Morgan fingerprint density at radius 2 is 1.52 bits per heavy atom. The Bertz CT molecular complexity index is 628. The first-order valence-corrected chi connectivity index (χ1v) is 7.28. The quantitative estimate of drug-likeness (QED) is 0.833. The summed E-state index contributed by atoms with van der Waals surface area (Å²) in [5, 5.41) is 2.52. The second kappa shape index (κ2) is 8.58. The molecule has 0 aliphatic heterocycles. The summed E-state index contributed by atoms with van der Waals surface area (Å²) in [4.78, 5) is 23.7. The lowest BCUT2D eigenvalue weighted by atomic mass is 10.1. The van der Waals surface area contributed by atoms with Crippen LogP contribution in [-0.4, -0.2) is 25.2 Å².